The van der Waals surface area contributed by atoms with Gasteiger partial charge < -0.3 is 5.32 Å². The standard InChI is InChI=1S/C19H21N3O2/c1-2-6-18(23)21-17-11-9-16(10-12-17)19(24)22-20-14-13-15-7-4-3-5-8-15/h3-5,7-12,14H,2,6,13H2,1H3,(H,21,23)(H,22,24). The van der Waals surface area contributed by atoms with Crippen LogP contribution in [0.2, 0.25) is 0 Å². The number of hydrazone groups is 1. The average Bonchev–Trinajstić information content (AvgIpc) is 2.60. The molecular weight excluding hydrogens is 302 g/mol. The van der Waals surface area contributed by atoms with Gasteiger partial charge in [0.1, 0.15) is 0 Å². The van der Waals surface area contributed by atoms with Crippen LogP contribution in [0.3, 0.4) is 0 Å². The number of nitrogens with zero attached hydrogens (tertiary/aromatic N) is 1. The van der Waals surface area contributed by atoms with E-state index < -0.39 is 0 Å². The number of nitrogens with one attached hydrogen (secondary N) is 2. The number of hydrogen-bond acceptors (Lipinski definition) is 3. The van der Waals surface area contributed by atoms with E-state index in [0.717, 1.165) is 12.0 Å². The normalized spacial score (nSPS) is 10.5. The molecule has 2 aromatic carbocycles. The van der Waals surface area contributed by atoms with Gasteiger partial charge in [-0.05, 0) is 36.2 Å². The molecule has 0 heterocycles. The van der Waals surface area contributed by atoms with Gasteiger partial charge in [0, 0.05) is 30.3 Å². The minimum atomic E-state index is -0.286. The van der Waals surface area contributed by atoms with Crippen molar-refractivity contribution in [2.45, 2.75) is 26.2 Å². The first-order chi connectivity index (χ1) is 11.7. The van der Waals surface area contributed by atoms with Crippen LogP contribution in [0.25, 0.3) is 0 Å². The fraction of sp³-hybridized carbons (Fsp3) is 0.211. The van der Waals surface area contributed by atoms with Crippen LogP contribution in [-0.2, 0) is 11.2 Å². The first kappa shape index (κ1) is 17.4. The van der Waals surface area contributed by atoms with E-state index in [1.807, 2.05) is 37.3 Å². The molecule has 0 saturated heterocycles. The Morgan fingerprint density at radius 2 is 1.75 bits per heavy atom. The second-order valence-corrected chi connectivity index (χ2v) is 5.32. The van der Waals surface area contributed by atoms with Gasteiger partial charge in [0.2, 0.25) is 5.91 Å². The average molecular weight is 323 g/mol. The van der Waals surface area contributed by atoms with Crippen molar-refractivity contribution in [3.63, 3.8) is 0 Å². The summed E-state index contributed by atoms with van der Waals surface area (Å²) in [7, 11) is 0. The number of hydrogen-bond donors (Lipinski definition) is 2. The maximum Gasteiger partial charge on any atom is 0.271 e. The van der Waals surface area contributed by atoms with Gasteiger partial charge in [-0.2, -0.15) is 5.10 Å². The summed E-state index contributed by atoms with van der Waals surface area (Å²) < 4.78 is 0. The van der Waals surface area contributed by atoms with E-state index in [1.54, 1.807) is 30.5 Å². The van der Waals surface area contributed by atoms with Crippen molar-refractivity contribution in [1.29, 1.82) is 0 Å². The molecular formula is C19H21N3O2. The summed E-state index contributed by atoms with van der Waals surface area (Å²) in [6, 6.07) is 16.6. The molecule has 0 aliphatic rings. The summed E-state index contributed by atoms with van der Waals surface area (Å²) in [5, 5.41) is 6.72. The molecule has 0 saturated carbocycles. The van der Waals surface area contributed by atoms with Crippen molar-refractivity contribution in [1.82, 2.24) is 5.43 Å². The zero-order valence-corrected chi connectivity index (χ0v) is 13.7. The minimum Gasteiger partial charge on any atom is -0.326 e. The Morgan fingerprint density at radius 1 is 1.04 bits per heavy atom. The molecule has 0 aliphatic carbocycles. The van der Waals surface area contributed by atoms with Crippen molar-refractivity contribution in [3.05, 3.63) is 65.7 Å². The number of anilines is 1. The largest absolute Gasteiger partial charge is 0.326 e. The van der Waals surface area contributed by atoms with E-state index in [2.05, 4.69) is 15.8 Å². The van der Waals surface area contributed by atoms with Crippen molar-refractivity contribution in [2.75, 3.05) is 5.32 Å². The molecule has 0 aliphatic heterocycles. The molecule has 2 amide bonds. The predicted octanol–water partition coefficient (Wildman–Crippen LogP) is 3.38. The first-order valence-corrected chi connectivity index (χ1v) is 7.94. The van der Waals surface area contributed by atoms with Crippen molar-refractivity contribution >= 4 is 23.7 Å². The van der Waals surface area contributed by atoms with E-state index in [-0.39, 0.29) is 11.8 Å². The highest BCUT2D eigenvalue weighted by Gasteiger charge is 2.05. The molecule has 0 aromatic heterocycles. The van der Waals surface area contributed by atoms with Crippen LogP contribution in [-0.4, -0.2) is 18.0 Å². The molecule has 24 heavy (non-hydrogen) atoms. The maximum atomic E-state index is 12.0. The molecule has 124 valence electrons. The molecule has 0 unspecified atom stereocenters. The SMILES string of the molecule is CCCC(=O)Nc1ccc(C(=O)NN=CCc2ccccc2)cc1. The molecule has 0 fully saturated rings. The lowest BCUT2D eigenvalue weighted by atomic mass is 10.2. The maximum absolute atomic E-state index is 12.0. The highest BCUT2D eigenvalue weighted by molar-refractivity contribution is 5.95. The van der Waals surface area contributed by atoms with Gasteiger partial charge in [0.15, 0.2) is 0 Å². The van der Waals surface area contributed by atoms with Crippen LogP contribution >= 0.6 is 0 Å². The lowest BCUT2D eigenvalue weighted by molar-refractivity contribution is -0.116. The second-order valence-electron chi connectivity index (χ2n) is 5.32. The van der Waals surface area contributed by atoms with E-state index >= 15 is 0 Å². The Balaban J connectivity index is 1.83. The third-order valence-corrected chi connectivity index (χ3v) is 3.34. The zero-order valence-electron chi connectivity index (χ0n) is 13.7. The van der Waals surface area contributed by atoms with Gasteiger partial charge in [-0.3, -0.25) is 9.59 Å². The summed E-state index contributed by atoms with van der Waals surface area (Å²) >= 11 is 0. The van der Waals surface area contributed by atoms with Crippen LogP contribution in [0.5, 0.6) is 0 Å². The Morgan fingerprint density at radius 3 is 2.42 bits per heavy atom. The molecule has 0 atom stereocenters. The third-order valence-electron chi connectivity index (χ3n) is 3.34. The lowest BCUT2D eigenvalue weighted by Crippen LogP contribution is -2.18. The number of carbonyl (C=O) groups is 2. The molecule has 2 aromatic rings. The summed E-state index contributed by atoms with van der Waals surface area (Å²) in [5.41, 5.74) is 4.79. The molecule has 5 nitrogen and oxygen atoms in total. The van der Waals surface area contributed by atoms with Crippen molar-refractivity contribution < 1.29 is 9.59 Å². The third kappa shape index (κ3) is 5.68. The highest BCUT2D eigenvalue weighted by Crippen LogP contribution is 2.10. The number of carbonyl (C=O) groups excluding carboxylic acids is 2. The second kappa shape index (κ2) is 9.25. The summed E-state index contributed by atoms with van der Waals surface area (Å²) in [6.45, 7) is 1.95. The predicted molar refractivity (Wildman–Crippen MR) is 96.1 cm³/mol. The Kier molecular flexibility index (Phi) is 6.71. The minimum absolute atomic E-state index is 0.0276. The Labute approximate surface area is 141 Å². The monoisotopic (exact) mass is 323 g/mol. The van der Waals surface area contributed by atoms with Gasteiger partial charge in [-0.25, -0.2) is 5.43 Å². The van der Waals surface area contributed by atoms with Crippen molar-refractivity contribution in [3.8, 4) is 0 Å². The number of benzene rings is 2. The number of rotatable bonds is 7. The van der Waals surface area contributed by atoms with Crippen LogP contribution < -0.4 is 10.7 Å². The van der Waals surface area contributed by atoms with Gasteiger partial charge in [-0.15, -0.1) is 0 Å². The molecule has 0 bridgehead atoms. The highest BCUT2D eigenvalue weighted by atomic mass is 16.2. The number of amides is 2. The van der Waals surface area contributed by atoms with Gasteiger partial charge in [-0.1, -0.05) is 37.3 Å². The van der Waals surface area contributed by atoms with Gasteiger partial charge >= 0.3 is 0 Å². The molecule has 2 N–H and O–H groups in total. The molecule has 5 heteroatoms. The zero-order chi connectivity index (χ0) is 17.2. The molecule has 2 rings (SSSR count). The van der Waals surface area contributed by atoms with E-state index in [1.165, 1.54) is 0 Å². The fourth-order valence-electron chi connectivity index (χ4n) is 2.09. The van der Waals surface area contributed by atoms with E-state index in [9.17, 15) is 9.59 Å². The van der Waals surface area contributed by atoms with E-state index in [0.29, 0.717) is 24.1 Å². The van der Waals surface area contributed by atoms with Crippen LogP contribution in [0.1, 0.15) is 35.7 Å². The van der Waals surface area contributed by atoms with Gasteiger partial charge in [0.05, 0.1) is 0 Å². The molecule has 0 spiro atoms. The lowest BCUT2D eigenvalue weighted by Gasteiger charge is -2.05. The van der Waals surface area contributed by atoms with Gasteiger partial charge in [0.25, 0.3) is 5.91 Å². The summed E-state index contributed by atoms with van der Waals surface area (Å²) in [4.78, 5) is 23.5. The fourth-order valence-corrected chi connectivity index (χ4v) is 2.09. The summed E-state index contributed by atoms with van der Waals surface area (Å²) in [5.74, 6) is -0.314. The first-order valence-electron chi connectivity index (χ1n) is 7.94. The smallest absolute Gasteiger partial charge is 0.271 e. The van der Waals surface area contributed by atoms with Crippen LogP contribution in [0.4, 0.5) is 5.69 Å². The topological polar surface area (TPSA) is 70.6 Å². The quantitative estimate of drug-likeness (QED) is 0.606. The van der Waals surface area contributed by atoms with Crippen LogP contribution in [0.15, 0.2) is 59.7 Å². The Bertz CT molecular complexity index is 694. The Hall–Kier alpha value is -2.95. The van der Waals surface area contributed by atoms with Crippen molar-refractivity contribution in [2.24, 2.45) is 5.10 Å². The summed E-state index contributed by atoms with van der Waals surface area (Å²) in [6.07, 6.45) is 3.60. The van der Waals surface area contributed by atoms with E-state index in [4.69, 9.17) is 0 Å². The molecule has 0 radical (unpaired) electrons. The van der Waals surface area contributed by atoms with Crippen LogP contribution in [0, 0.1) is 0 Å².